The molecule has 2 N–H and O–H groups in total. The Morgan fingerprint density at radius 3 is 2.79 bits per heavy atom. The minimum Gasteiger partial charge on any atom is -0.360 e. The molecule has 142 valence electrons. The van der Waals surface area contributed by atoms with Gasteiger partial charge in [-0.25, -0.2) is 0 Å². The first kappa shape index (κ1) is 18.3. The summed E-state index contributed by atoms with van der Waals surface area (Å²) in [5, 5.41) is 3.73. The Kier molecular flexibility index (Phi) is 4.65. The van der Waals surface area contributed by atoms with E-state index in [-0.39, 0.29) is 11.5 Å². The van der Waals surface area contributed by atoms with Crippen LogP contribution in [0.3, 0.4) is 0 Å². The normalized spacial score (nSPS) is 16.6. The summed E-state index contributed by atoms with van der Waals surface area (Å²) in [6.07, 6.45) is 1.93. The van der Waals surface area contributed by atoms with E-state index in [1.807, 2.05) is 25.1 Å². The highest BCUT2D eigenvalue weighted by atomic mass is 35.5. The van der Waals surface area contributed by atoms with Crippen LogP contribution in [-0.4, -0.2) is 35.2 Å². The lowest BCUT2D eigenvalue weighted by atomic mass is 10.1. The van der Waals surface area contributed by atoms with Gasteiger partial charge >= 0.3 is 0 Å². The Labute approximate surface area is 166 Å². The molecule has 3 aromatic rings. The van der Waals surface area contributed by atoms with Gasteiger partial charge in [0, 0.05) is 23.6 Å². The lowest BCUT2D eigenvalue weighted by Crippen LogP contribution is -2.44. The Morgan fingerprint density at radius 2 is 2.00 bits per heavy atom. The summed E-state index contributed by atoms with van der Waals surface area (Å²) >= 11 is 6.26. The fourth-order valence-electron chi connectivity index (χ4n) is 3.49. The smallest absolute Gasteiger partial charge is 0.293 e. The van der Waals surface area contributed by atoms with E-state index in [4.69, 9.17) is 11.6 Å². The number of aryl methyl sites for hydroxylation is 1. The molecule has 1 aliphatic heterocycles. The van der Waals surface area contributed by atoms with Crippen molar-refractivity contribution < 1.29 is 14.4 Å². The van der Waals surface area contributed by atoms with Crippen molar-refractivity contribution in [2.24, 2.45) is 0 Å². The van der Waals surface area contributed by atoms with Gasteiger partial charge in [0.1, 0.15) is 6.04 Å². The highest BCUT2D eigenvalue weighted by Gasteiger charge is 2.36. The minimum absolute atomic E-state index is 0.272. The van der Waals surface area contributed by atoms with Crippen molar-refractivity contribution in [3.8, 4) is 0 Å². The molecule has 0 aliphatic carbocycles. The van der Waals surface area contributed by atoms with Gasteiger partial charge in [-0.3, -0.25) is 14.4 Å². The molecular weight excluding hydrogens is 378 g/mol. The minimum atomic E-state index is -0.792. The number of carbonyl (C=O) groups excluding carboxylic acids is 3. The first-order valence-electron chi connectivity index (χ1n) is 8.94. The van der Waals surface area contributed by atoms with Gasteiger partial charge in [-0.15, -0.1) is 0 Å². The number of rotatable bonds is 4. The Morgan fingerprint density at radius 1 is 1.21 bits per heavy atom. The van der Waals surface area contributed by atoms with E-state index >= 15 is 0 Å². The topological polar surface area (TPSA) is 82.3 Å². The number of fused-ring (bicyclic) bond motifs is 1. The molecule has 1 aliphatic rings. The second-order valence-electron chi connectivity index (χ2n) is 6.84. The van der Waals surface area contributed by atoms with Crippen LogP contribution in [-0.2, 0) is 9.59 Å². The molecule has 0 saturated carbocycles. The zero-order chi connectivity index (χ0) is 19.8. The van der Waals surface area contributed by atoms with E-state index in [2.05, 4.69) is 10.3 Å². The summed E-state index contributed by atoms with van der Waals surface area (Å²) in [5.41, 5.74) is 2.67. The van der Waals surface area contributed by atoms with Crippen LogP contribution in [0, 0.1) is 6.92 Å². The molecule has 4 rings (SSSR count). The zero-order valence-corrected chi connectivity index (χ0v) is 15.9. The molecule has 2 aromatic carbocycles. The van der Waals surface area contributed by atoms with Crippen molar-refractivity contribution in [1.29, 1.82) is 0 Å². The molecule has 1 atom stereocenters. The zero-order valence-electron chi connectivity index (χ0n) is 15.2. The number of halogens is 1. The molecular formula is C21H18ClN3O3. The number of hydrogen-bond donors (Lipinski definition) is 2. The number of aromatic nitrogens is 1. The molecule has 1 fully saturated rings. The van der Waals surface area contributed by atoms with Crippen LogP contribution in [0.25, 0.3) is 10.9 Å². The monoisotopic (exact) mass is 395 g/mol. The van der Waals surface area contributed by atoms with Crippen LogP contribution in [0.2, 0.25) is 5.02 Å². The summed E-state index contributed by atoms with van der Waals surface area (Å²) in [7, 11) is 0. The number of hydrogen-bond acceptors (Lipinski definition) is 3. The molecule has 0 radical (unpaired) electrons. The molecule has 1 aromatic heterocycles. The van der Waals surface area contributed by atoms with Gasteiger partial charge in [0.15, 0.2) is 0 Å². The summed E-state index contributed by atoms with van der Waals surface area (Å²) in [4.78, 5) is 42.3. The van der Waals surface area contributed by atoms with Crippen molar-refractivity contribution in [3.05, 3.63) is 64.8 Å². The van der Waals surface area contributed by atoms with Crippen LogP contribution in [0.4, 0.5) is 5.69 Å². The van der Waals surface area contributed by atoms with Crippen LogP contribution < -0.4 is 10.2 Å². The summed E-state index contributed by atoms with van der Waals surface area (Å²) in [5.74, 6) is -1.73. The third-order valence-corrected chi connectivity index (χ3v) is 5.25. The molecule has 7 heteroatoms. The fourth-order valence-corrected chi connectivity index (χ4v) is 3.83. The lowest BCUT2D eigenvalue weighted by molar-refractivity contribution is -0.124. The Bertz CT molecular complexity index is 1110. The second-order valence-corrected chi connectivity index (χ2v) is 7.24. The van der Waals surface area contributed by atoms with Crippen molar-refractivity contribution in [2.75, 3.05) is 11.4 Å². The number of para-hydroxylation sites is 1. The summed E-state index contributed by atoms with van der Waals surface area (Å²) in [6, 6.07) is 11.9. The number of anilines is 1. The number of nitrogens with zero attached hydrogens (tertiary/aromatic N) is 1. The van der Waals surface area contributed by atoms with E-state index in [1.54, 1.807) is 29.2 Å². The summed E-state index contributed by atoms with van der Waals surface area (Å²) in [6.45, 7) is 2.34. The van der Waals surface area contributed by atoms with Crippen LogP contribution in [0.1, 0.15) is 22.3 Å². The Balaban J connectivity index is 1.49. The number of Topliss-reactive ketones (excluding diaryl/α,β-unsaturated/α-hetero) is 1. The number of ketones is 1. The van der Waals surface area contributed by atoms with Gasteiger partial charge in [0.05, 0.1) is 16.3 Å². The maximum atomic E-state index is 12.7. The number of aromatic amines is 1. The van der Waals surface area contributed by atoms with E-state index < -0.39 is 17.7 Å². The number of benzene rings is 2. The predicted molar refractivity (Wildman–Crippen MR) is 108 cm³/mol. The standard InChI is InChI=1S/C21H18ClN3O3/c1-12-6-7-18(15(22)10-12)25-9-8-17(21(25)28)24-20(27)19(26)14-11-23-16-5-3-2-4-13(14)16/h2-7,10-11,17,23H,8-9H2,1H3,(H,24,27). The highest BCUT2D eigenvalue weighted by Crippen LogP contribution is 2.30. The van der Waals surface area contributed by atoms with E-state index in [0.717, 1.165) is 11.1 Å². The van der Waals surface area contributed by atoms with Gasteiger partial charge in [-0.1, -0.05) is 35.9 Å². The largest absolute Gasteiger partial charge is 0.360 e. The highest BCUT2D eigenvalue weighted by molar-refractivity contribution is 6.45. The van der Waals surface area contributed by atoms with Crippen molar-refractivity contribution in [3.63, 3.8) is 0 Å². The average Bonchev–Trinajstić information content (AvgIpc) is 3.26. The molecule has 2 heterocycles. The molecule has 0 bridgehead atoms. The fraction of sp³-hybridized carbons (Fsp3) is 0.190. The molecule has 1 saturated heterocycles. The molecule has 1 unspecified atom stereocenters. The average molecular weight is 396 g/mol. The molecule has 0 spiro atoms. The van der Waals surface area contributed by atoms with E-state index in [9.17, 15) is 14.4 Å². The van der Waals surface area contributed by atoms with Crippen LogP contribution in [0.5, 0.6) is 0 Å². The number of H-pyrrole nitrogens is 1. The number of carbonyl (C=O) groups is 3. The van der Waals surface area contributed by atoms with Crippen molar-refractivity contribution in [2.45, 2.75) is 19.4 Å². The molecule has 2 amide bonds. The number of amides is 2. The molecule has 28 heavy (non-hydrogen) atoms. The maximum Gasteiger partial charge on any atom is 0.293 e. The SMILES string of the molecule is Cc1ccc(N2CCC(NC(=O)C(=O)c3c[nH]c4ccccc34)C2=O)c(Cl)c1. The third-order valence-electron chi connectivity index (χ3n) is 4.94. The lowest BCUT2D eigenvalue weighted by Gasteiger charge is -2.18. The van der Waals surface area contributed by atoms with Crippen LogP contribution >= 0.6 is 11.6 Å². The number of nitrogens with one attached hydrogen (secondary N) is 2. The third kappa shape index (κ3) is 3.16. The van der Waals surface area contributed by atoms with Gasteiger partial charge < -0.3 is 15.2 Å². The Hall–Kier alpha value is -3.12. The summed E-state index contributed by atoms with van der Waals surface area (Å²) < 4.78 is 0. The van der Waals surface area contributed by atoms with E-state index in [1.165, 1.54) is 6.20 Å². The molecule has 6 nitrogen and oxygen atoms in total. The van der Waals surface area contributed by atoms with Gasteiger partial charge in [-0.2, -0.15) is 0 Å². The van der Waals surface area contributed by atoms with Crippen LogP contribution in [0.15, 0.2) is 48.7 Å². The van der Waals surface area contributed by atoms with Crippen molar-refractivity contribution in [1.82, 2.24) is 10.3 Å². The second kappa shape index (κ2) is 7.13. The maximum absolute atomic E-state index is 12.7. The quantitative estimate of drug-likeness (QED) is 0.525. The van der Waals surface area contributed by atoms with Gasteiger partial charge in [0.25, 0.3) is 11.7 Å². The predicted octanol–water partition coefficient (Wildman–Crippen LogP) is 3.23. The van der Waals surface area contributed by atoms with Crippen molar-refractivity contribution >= 4 is 45.8 Å². The first-order valence-corrected chi connectivity index (χ1v) is 9.32. The first-order chi connectivity index (χ1) is 13.5. The van der Waals surface area contributed by atoms with Gasteiger partial charge in [-0.05, 0) is 37.1 Å². The van der Waals surface area contributed by atoms with E-state index in [0.29, 0.717) is 29.1 Å². The van der Waals surface area contributed by atoms with Gasteiger partial charge in [0.2, 0.25) is 5.91 Å².